The third-order valence-corrected chi connectivity index (χ3v) is 9.03. The van der Waals surface area contributed by atoms with Crippen LogP contribution < -0.4 is 25.8 Å². The van der Waals surface area contributed by atoms with Crippen LogP contribution in [0.2, 0.25) is 0 Å². The molecule has 0 radical (unpaired) electrons. The Morgan fingerprint density at radius 1 is 1.15 bits per heavy atom. The molecular weight excluding hydrogens is 642 g/mol. The molecule has 6 rings (SSSR count). The fourth-order valence-corrected chi connectivity index (χ4v) is 6.76. The molecule has 0 unspecified atom stereocenters. The van der Waals surface area contributed by atoms with E-state index in [2.05, 4.69) is 25.6 Å². The van der Waals surface area contributed by atoms with Crippen LogP contribution in [-0.4, -0.2) is 89.6 Å². The molecule has 4 N–H and O–H groups in total. The monoisotopic (exact) mass is 675 g/mol. The minimum Gasteiger partial charge on any atom is -0.464 e. The van der Waals surface area contributed by atoms with E-state index in [1.54, 1.807) is 0 Å². The van der Waals surface area contributed by atoms with Crippen molar-refractivity contribution in [2.24, 2.45) is 0 Å². The number of fused-ring (bicyclic) bond motifs is 1. The molecule has 5 heterocycles. The molecule has 1 aromatic carbocycles. The highest BCUT2D eigenvalue weighted by Gasteiger charge is 2.49. The van der Waals surface area contributed by atoms with Crippen LogP contribution in [0.1, 0.15) is 36.8 Å². The van der Waals surface area contributed by atoms with Gasteiger partial charge in [-0.15, -0.1) is 0 Å². The molecule has 2 fully saturated rings. The largest absolute Gasteiger partial charge is 0.464 e. The SMILES string of the molecule is Cc1c(F)c(N)cc(-c2nc3c4c(nc(OC[C@@]56CCCN5C[C@H](F)C6)nc4c2F)NCCNCC[C@H](C(F)(F)F)O3)c1CC(F)F. The molecule has 0 bridgehead atoms. The van der Waals surface area contributed by atoms with Gasteiger partial charge in [-0.2, -0.15) is 23.1 Å². The van der Waals surface area contributed by atoms with Crippen LogP contribution in [0.15, 0.2) is 6.07 Å². The van der Waals surface area contributed by atoms with Crippen molar-refractivity contribution in [2.75, 3.05) is 50.4 Å². The van der Waals surface area contributed by atoms with E-state index in [-0.39, 0.29) is 73.1 Å². The van der Waals surface area contributed by atoms with E-state index < -0.39 is 77.7 Å². The lowest BCUT2D eigenvalue weighted by atomic mass is 9.94. The molecule has 0 saturated carbocycles. The van der Waals surface area contributed by atoms with Gasteiger partial charge in [0.15, 0.2) is 11.9 Å². The highest BCUT2D eigenvalue weighted by molar-refractivity contribution is 5.96. The molecular formula is C30H33F8N7O2. The number of aromatic nitrogens is 3. The summed E-state index contributed by atoms with van der Waals surface area (Å²) in [5.41, 5.74) is 2.35. The maximum Gasteiger partial charge on any atom is 0.425 e. The van der Waals surface area contributed by atoms with E-state index in [0.29, 0.717) is 13.0 Å². The molecule has 0 aliphatic carbocycles. The molecule has 9 nitrogen and oxygen atoms in total. The van der Waals surface area contributed by atoms with Crippen molar-refractivity contribution in [3.63, 3.8) is 0 Å². The topological polar surface area (TPSA) is 110 Å². The zero-order chi connectivity index (χ0) is 33.7. The second-order valence-electron chi connectivity index (χ2n) is 12.2. The number of ether oxygens (including phenoxy) is 2. The van der Waals surface area contributed by atoms with E-state index >= 15 is 4.39 Å². The Kier molecular flexibility index (Phi) is 8.97. The van der Waals surface area contributed by atoms with Gasteiger partial charge < -0.3 is 25.8 Å². The van der Waals surface area contributed by atoms with Gasteiger partial charge in [0.25, 0.3) is 0 Å². The Balaban J connectivity index is 1.55. The van der Waals surface area contributed by atoms with E-state index in [1.165, 1.54) is 6.92 Å². The van der Waals surface area contributed by atoms with Gasteiger partial charge in [-0.1, -0.05) is 0 Å². The number of alkyl halides is 6. The Labute approximate surface area is 264 Å². The number of anilines is 2. The highest BCUT2D eigenvalue weighted by atomic mass is 19.4. The summed E-state index contributed by atoms with van der Waals surface area (Å²) in [6, 6.07) is 0.544. The van der Waals surface area contributed by atoms with Crippen LogP contribution in [0.25, 0.3) is 22.2 Å². The maximum absolute atomic E-state index is 16.7. The fraction of sp³-hybridized carbons (Fsp3) is 0.567. The number of nitrogens with one attached hydrogen (secondary N) is 2. The highest BCUT2D eigenvalue weighted by Crippen LogP contribution is 2.43. The molecule has 17 heteroatoms. The summed E-state index contributed by atoms with van der Waals surface area (Å²) in [5, 5.41) is 5.47. The average Bonchev–Trinajstić information content (AvgIpc) is 3.52. The van der Waals surface area contributed by atoms with Crippen LogP contribution in [0.5, 0.6) is 11.9 Å². The first-order valence-electron chi connectivity index (χ1n) is 15.2. The molecule has 0 amide bonds. The molecule has 3 atom stereocenters. The quantitative estimate of drug-likeness (QED) is 0.236. The summed E-state index contributed by atoms with van der Waals surface area (Å²) in [5.74, 6) is -3.11. The van der Waals surface area contributed by atoms with E-state index in [9.17, 15) is 30.7 Å². The third-order valence-electron chi connectivity index (χ3n) is 9.03. The second-order valence-corrected chi connectivity index (χ2v) is 12.2. The zero-order valence-corrected chi connectivity index (χ0v) is 25.3. The Morgan fingerprint density at radius 2 is 1.94 bits per heavy atom. The molecule has 2 aromatic heterocycles. The first kappa shape index (κ1) is 33.2. The lowest BCUT2D eigenvalue weighted by molar-refractivity contribution is -0.196. The van der Waals surface area contributed by atoms with Gasteiger partial charge in [0.1, 0.15) is 41.0 Å². The first-order chi connectivity index (χ1) is 22.3. The van der Waals surface area contributed by atoms with Crippen LogP contribution >= 0.6 is 0 Å². The molecule has 47 heavy (non-hydrogen) atoms. The Bertz CT molecular complexity index is 1660. The van der Waals surface area contributed by atoms with Gasteiger partial charge in [0.05, 0.1) is 11.2 Å². The first-order valence-corrected chi connectivity index (χ1v) is 15.2. The number of pyridine rings is 1. The van der Waals surface area contributed by atoms with Crippen molar-refractivity contribution in [2.45, 2.75) is 69.4 Å². The zero-order valence-electron chi connectivity index (χ0n) is 25.3. The number of nitrogens with zero attached hydrogens (tertiary/aromatic N) is 4. The molecule has 256 valence electrons. The van der Waals surface area contributed by atoms with Crippen molar-refractivity contribution in [3.05, 3.63) is 28.8 Å². The minimum absolute atomic E-state index is 0.0365. The summed E-state index contributed by atoms with van der Waals surface area (Å²) in [6.07, 6.45) is -11.2. The number of rotatable bonds is 6. The van der Waals surface area contributed by atoms with Gasteiger partial charge in [-0.25, -0.2) is 26.9 Å². The Morgan fingerprint density at radius 3 is 2.68 bits per heavy atom. The summed E-state index contributed by atoms with van der Waals surface area (Å²) in [7, 11) is 0. The molecule has 3 aliphatic rings. The lowest BCUT2D eigenvalue weighted by Crippen LogP contribution is -2.43. The van der Waals surface area contributed by atoms with Crippen LogP contribution in [-0.2, 0) is 6.42 Å². The van der Waals surface area contributed by atoms with Gasteiger partial charge in [0.2, 0.25) is 12.3 Å². The Hall–Kier alpha value is -3.73. The fourth-order valence-electron chi connectivity index (χ4n) is 6.76. The smallest absolute Gasteiger partial charge is 0.425 e. The van der Waals surface area contributed by atoms with E-state index in [1.807, 2.05) is 4.90 Å². The summed E-state index contributed by atoms with van der Waals surface area (Å²) in [6.45, 7) is 2.31. The number of halogens is 8. The molecule has 2 saturated heterocycles. The number of hydrogen-bond acceptors (Lipinski definition) is 9. The van der Waals surface area contributed by atoms with Gasteiger partial charge in [0, 0.05) is 44.5 Å². The van der Waals surface area contributed by atoms with E-state index in [4.69, 9.17) is 15.2 Å². The molecule has 3 aliphatic heterocycles. The standard InChI is InChI=1S/C30H33F8N7O2/c1-14-16(10-20(32)33)17(9-18(39)22(14)34)24-23(35)25-21-26(41-7-6-40-5-3-19(30(36,37)38)47-27(21)42-24)44-28(43-25)46-13-29-4-2-8-45(29)12-15(31)11-29/h9,15,19-20,40H,2-8,10-13,39H2,1H3,(H,41,43,44)/t15-,19-,29+/m1/s1. The van der Waals surface area contributed by atoms with Crippen molar-refractivity contribution in [1.29, 1.82) is 0 Å². The van der Waals surface area contributed by atoms with Crippen molar-refractivity contribution in [3.8, 4) is 23.1 Å². The summed E-state index contributed by atoms with van der Waals surface area (Å²) >= 11 is 0. The summed E-state index contributed by atoms with van der Waals surface area (Å²) < 4.78 is 127. The average molecular weight is 676 g/mol. The van der Waals surface area contributed by atoms with Crippen LogP contribution in [0, 0.1) is 18.6 Å². The lowest BCUT2D eigenvalue weighted by Gasteiger charge is -2.30. The van der Waals surface area contributed by atoms with Gasteiger partial charge in [-0.05, 0) is 50.0 Å². The second kappa shape index (κ2) is 12.7. The normalized spacial score (nSPS) is 23.8. The number of benzene rings is 1. The van der Waals surface area contributed by atoms with Crippen LogP contribution in [0.3, 0.4) is 0 Å². The predicted molar refractivity (Wildman–Crippen MR) is 157 cm³/mol. The maximum atomic E-state index is 16.7. The van der Waals surface area contributed by atoms with Gasteiger partial charge >= 0.3 is 12.2 Å². The number of nitrogens with two attached hydrogens (primary N) is 1. The predicted octanol–water partition coefficient (Wildman–Crippen LogP) is 5.34. The molecule has 0 spiro atoms. The number of nitrogen functional groups attached to an aromatic ring is 1. The van der Waals surface area contributed by atoms with Crippen molar-refractivity contribution in [1.82, 2.24) is 25.2 Å². The third kappa shape index (κ3) is 6.43. The molecule has 3 aromatic rings. The van der Waals surface area contributed by atoms with Crippen molar-refractivity contribution < 1.29 is 44.6 Å². The van der Waals surface area contributed by atoms with Crippen molar-refractivity contribution >= 4 is 22.4 Å². The minimum atomic E-state index is -4.88. The van der Waals surface area contributed by atoms with E-state index in [0.717, 1.165) is 12.5 Å². The summed E-state index contributed by atoms with van der Waals surface area (Å²) in [4.78, 5) is 14.6. The number of hydrogen-bond donors (Lipinski definition) is 3. The van der Waals surface area contributed by atoms with Gasteiger partial charge in [-0.3, -0.25) is 4.90 Å². The van der Waals surface area contributed by atoms with Crippen LogP contribution in [0.4, 0.5) is 46.6 Å².